The van der Waals surface area contributed by atoms with Crippen molar-refractivity contribution >= 4 is 45.9 Å². The van der Waals surface area contributed by atoms with E-state index < -0.39 is 16.9 Å². The number of benzene rings is 3. The van der Waals surface area contributed by atoms with E-state index in [1.807, 2.05) is 18.2 Å². The summed E-state index contributed by atoms with van der Waals surface area (Å²) in [6, 6.07) is 23.0. The molecule has 14 nitrogen and oxygen atoms in total. The Kier molecular flexibility index (Phi) is 8.91. The van der Waals surface area contributed by atoms with Crippen molar-refractivity contribution in [1.82, 2.24) is 25.4 Å². The van der Waals surface area contributed by atoms with Crippen LogP contribution in [0.15, 0.2) is 71.5 Å². The zero-order valence-electron chi connectivity index (χ0n) is 36.0. The molecule has 2 bridgehead atoms. The molecule has 4 saturated heterocycles. The third-order valence-corrected chi connectivity index (χ3v) is 15.8. The summed E-state index contributed by atoms with van der Waals surface area (Å²) in [6.07, 6.45) is 1.52. The van der Waals surface area contributed by atoms with Gasteiger partial charge in [0.05, 0.1) is 11.1 Å². The van der Waals surface area contributed by atoms with Crippen LogP contribution in [0.2, 0.25) is 0 Å². The molecule has 0 radical (unpaired) electrons. The molecule has 324 valence electrons. The van der Waals surface area contributed by atoms with E-state index in [0.717, 1.165) is 56.1 Å². The van der Waals surface area contributed by atoms with Gasteiger partial charge in [0.15, 0.2) is 0 Å². The summed E-state index contributed by atoms with van der Waals surface area (Å²) in [5.74, 6) is 1.77. The van der Waals surface area contributed by atoms with Crippen LogP contribution in [-0.4, -0.2) is 101 Å². The average molecular weight is 849 g/mol. The first-order chi connectivity index (χ1) is 30.2. The third kappa shape index (κ3) is 6.32. The molecule has 6 fully saturated rings. The lowest BCUT2D eigenvalue weighted by Crippen LogP contribution is -2.74. The van der Waals surface area contributed by atoms with E-state index >= 15 is 0 Å². The van der Waals surface area contributed by atoms with Crippen LogP contribution in [0.25, 0.3) is 10.9 Å². The molecule has 63 heavy (non-hydrogen) atoms. The van der Waals surface area contributed by atoms with Gasteiger partial charge in [-0.15, -0.1) is 0 Å². The molecule has 5 aliphatic heterocycles. The molecule has 5 atom stereocenters. The predicted molar refractivity (Wildman–Crippen MR) is 235 cm³/mol. The van der Waals surface area contributed by atoms with Crippen molar-refractivity contribution in [3.63, 3.8) is 0 Å². The molecule has 11 rings (SSSR count). The highest BCUT2D eigenvalue weighted by molar-refractivity contribution is 6.05. The van der Waals surface area contributed by atoms with Crippen molar-refractivity contribution in [3.8, 4) is 11.8 Å². The largest absolute Gasteiger partial charge is 0.488 e. The molecule has 14 heteroatoms. The molecule has 3 N–H and O–H groups in total. The number of hydrogen-bond acceptors (Lipinski definition) is 10. The van der Waals surface area contributed by atoms with E-state index in [1.165, 1.54) is 6.07 Å². The van der Waals surface area contributed by atoms with Gasteiger partial charge >= 0.3 is 0 Å². The summed E-state index contributed by atoms with van der Waals surface area (Å²) in [5, 5.41) is 16.0. The molecule has 4 unspecified atom stereocenters. The van der Waals surface area contributed by atoms with Crippen LogP contribution in [0.5, 0.6) is 5.75 Å². The SMILES string of the molecule is CC1(C)C(NC(=O)c2ccc(N3CC4C(C3)C4CN3CC4CC3CN4c3ccc4c(c3)CN([C@H]3CCC(=O)NC3=O)C4=O)cc2)C(C)(C)C1Oc1ccc(C#N)c2[nH]c(=O)ccc12. The van der Waals surface area contributed by atoms with E-state index in [2.05, 4.69) is 88.3 Å². The van der Waals surface area contributed by atoms with Crippen LogP contribution in [0.1, 0.15) is 78.8 Å². The average Bonchev–Trinajstić information content (AvgIpc) is 3.78. The molecule has 2 saturated carbocycles. The third-order valence-electron chi connectivity index (χ3n) is 15.8. The molecule has 1 aromatic heterocycles. The number of hydrogen-bond donors (Lipinski definition) is 3. The van der Waals surface area contributed by atoms with Gasteiger partial charge in [0, 0.05) is 109 Å². The number of carbonyl (C=O) groups excluding carboxylic acids is 4. The van der Waals surface area contributed by atoms with Gasteiger partial charge in [-0.1, -0.05) is 27.7 Å². The van der Waals surface area contributed by atoms with Crippen LogP contribution < -0.4 is 30.7 Å². The molecule has 6 heterocycles. The first-order valence-corrected chi connectivity index (χ1v) is 22.4. The molecule has 7 aliphatic rings. The molecule has 4 aromatic rings. The molecular weight excluding hydrogens is 797 g/mol. The second-order valence-corrected chi connectivity index (χ2v) is 20.2. The zero-order chi connectivity index (χ0) is 43.7. The van der Waals surface area contributed by atoms with Crippen LogP contribution in [0, 0.1) is 39.9 Å². The first-order valence-electron chi connectivity index (χ1n) is 22.4. The van der Waals surface area contributed by atoms with Gasteiger partial charge in [-0.25, -0.2) is 0 Å². The second-order valence-electron chi connectivity index (χ2n) is 20.2. The Morgan fingerprint density at radius 1 is 0.873 bits per heavy atom. The summed E-state index contributed by atoms with van der Waals surface area (Å²) in [7, 11) is 0. The number of carbonyl (C=O) groups is 4. The van der Waals surface area contributed by atoms with Crippen LogP contribution >= 0.6 is 0 Å². The quantitative estimate of drug-likeness (QED) is 0.205. The van der Waals surface area contributed by atoms with Crippen molar-refractivity contribution in [2.45, 2.75) is 83.8 Å². The smallest absolute Gasteiger partial charge is 0.255 e. The van der Waals surface area contributed by atoms with E-state index in [0.29, 0.717) is 76.1 Å². The highest BCUT2D eigenvalue weighted by Crippen LogP contribution is 2.56. The number of amides is 4. The predicted octanol–water partition coefficient (Wildman–Crippen LogP) is 4.42. The van der Waals surface area contributed by atoms with E-state index in [9.17, 15) is 29.2 Å². The number of piperidine rings is 2. The standard InChI is InChI=1S/C49H52N8O6/c1-48(2)46(49(3,4)47(48)63-39-14-7-27(19-50)42-34(39)12-15-40(58)51-42)53-43(60)26-5-8-29(9-6-26)55-24-36-35(37(36)25-55)23-54-21-32-18-31(54)22-56(32)30-10-11-33-28(17-30)20-57(45(33)62)38-13-16-41(59)52-44(38)61/h5-12,14-15,17,31-32,35-38,46-47H,13,16,18,20-25H2,1-4H3,(H,51,58)(H,53,60)(H,52,59,61)/t31?,32?,35?,36?,37?,38-,46?,47?/m0/s1. The number of aromatic nitrogens is 1. The Labute approximate surface area is 365 Å². The number of ether oxygens (including phenoxy) is 1. The fourth-order valence-corrected chi connectivity index (χ4v) is 12.8. The maximum atomic E-state index is 13.7. The summed E-state index contributed by atoms with van der Waals surface area (Å²) >= 11 is 0. The zero-order valence-corrected chi connectivity index (χ0v) is 36.0. The Morgan fingerprint density at radius 2 is 1.62 bits per heavy atom. The number of imide groups is 1. The van der Waals surface area contributed by atoms with Gasteiger partial charge in [-0.2, -0.15) is 5.26 Å². The normalized spacial score (nSPS) is 29.9. The highest BCUT2D eigenvalue weighted by Gasteiger charge is 2.64. The molecular formula is C49H52N8O6. The van der Waals surface area contributed by atoms with Crippen molar-refractivity contribution in [2.75, 3.05) is 42.5 Å². The minimum absolute atomic E-state index is 0.113. The minimum atomic E-state index is -0.603. The summed E-state index contributed by atoms with van der Waals surface area (Å²) in [5.41, 5.74) is 4.27. The fourth-order valence-electron chi connectivity index (χ4n) is 12.8. The molecule has 0 spiro atoms. The Morgan fingerprint density at radius 3 is 2.32 bits per heavy atom. The Balaban J connectivity index is 0.662. The van der Waals surface area contributed by atoms with Gasteiger partial charge in [0.2, 0.25) is 17.4 Å². The first kappa shape index (κ1) is 39.6. The topological polar surface area (TPSA) is 171 Å². The van der Waals surface area contributed by atoms with Gasteiger partial charge in [0.25, 0.3) is 11.8 Å². The number of H-pyrrole nitrogens is 1. The lowest BCUT2D eigenvalue weighted by Gasteiger charge is -2.63. The maximum absolute atomic E-state index is 13.7. The monoisotopic (exact) mass is 848 g/mol. The molecule has 2 aliphatic carbocycles. The highest BCUT2D eigenvalue weighted by atomic mass is 16.5. The summed E-state index contributed by atoms with van der Waals surface area (Å²) in [4.78, 5) is 75.2. The van der Waals surface area contributed by atoms with Gasteiger partial charge in [-0.05, 0) is 96.8 Å². The lowest BCUT2D eigenvalue weighted by molar-refractivity contribution is -0.163. The number of anilines is 2. The Hall–Kier alpha value is -6.20. The maximum Gasteiger partial charge on any atom is 0.255 e. The lowest BCUT2D eigenvalue weighted by atomic mass is 9.49. The van der Waals surface area contributed by atoms with E-state index in [-0.39, 0.29) is 47.8 Å². The van der Waals surface area contributed by atoms with Gasteiger partial charge < -0.3 is 29.7 Å². The number of nitrogens with zero attached hydrogens (tertiary/aromatic N) is 5. The molecule has 3 aromatic carbocycles. The van der Waals surface area contributed by atoms with Crippen molar-refractivity contribution in [2.24, 2.45) is 28.6 Å². The van der Waals surface area contributed by atoms with Gasteiger partial charge in [-0.3, -0.25) is 34.2 Å². The number of piperazine rings is 1. The van der Waals surface area contributed by atoms with Crippen LogP contribution in [0.3, 0.4) is 0 Å². The van der Waals surface area contributed by atoms with Crippen molar-refractivity contribution in [1.29, 1.82) is 5.26 Å². The summed E-state index contributed by atoms with van der Waals surface area (Å²) in [6.45, 7) is 14.0. The fraction of sp³-hybridized carbons (Fsp3) is 0.469. The van der Waals surface area contributed by atoms with Crippen LogP contribution in [-0.2, 0) is 16.1 Å². The number of nitrogens with one attached hydrogen (secondary N) is 3. The van der Waals surface area contributed by atoms with Gasteiger partial charge in [0.1, 0.15) is 24.0 Å². The summed E-state index contributed by atoms with van der Waals surface area (Å²) < 4.78 is 6.63. The van der Waals surface area contributed by atoms with Crippen molar-refractivity contribution in [3.05, 3.63) is 99.3 Å². The van der Waals surface area contributed by atoms with E-state index in [4.69, 9.17) is 4.74 Å². The Bertz CT molecular complexity index is 2690. The number of pyridine rings is 1. The number of likely N-dealkylation sites (tertiary alicyclic amines) is 1. The van der Waals surface area contributed by atoms with Crippen molar-refractivity contribution < 1.29 is 23.9 Å². The number of fused-ring (bicyclic) bond motifs is 5. The van der Waals surface area contributed by atoms with Crippen LogP contribution in [0.4, 0.5) is 11.4 Å². The number of rotatable bonds is 9. The number of nitriles is 1. The van der Waals surface area contributed by atoms with E-state index in [1.54, 1.807) is 23.1 Å². The number of aromatic amines is 1. The minimum Gasteiger partial charge on any atom is -0.488 e. The molecule has 4 amide bonds. The second kappa shape index (κ2) is 14.2.